The highest BCUT2D eigenvalue weighted by molar-refractivity contribution is 7.12. The molecule has 0 fully saturated rings. The molecule has 0 saturated carbocycles. The molecule has 0 saturated heterocycles. The van der Waals surface area contributed by atoms with E-state index in [4.69, 9.17) is 0 Å². The van der Waals surface area contributed by atoms with Gasteiger partial charge in [0, 0.05) is 11.3 Å². The fraction of sp³-hybridized carbons (Fsp3) is 0.208. The summed E-state index contributed by atoms with van der Waals surface area (Å²) in [6.07, 6.45) is 0. The molecule has 1 aromatic heterocycles. The zero-order chi connectivity index (χ0) is 21.7. The molecule has 0 aliphatic carbocycles. The van der Waals surface area contributed by atoms with Crippen LogP contribution in [0.3, 0.4) is 0 Å². The molecule has 0 aliphatic heterocycles. The minimum absolute atomic E-state index is 0.0491. The van der Waals surface area contributed by atoms with Crippen LogP contribution < -0.4 is 10.7 Å². The predicted molar refractivity (Wildman–Crippen MR) is 124 cm³/mol. The zero-order valence-electron chi connectivity index (χ0n) is 17.5. The maximum atomic E-state index is 12.5. The van der Waals surface area contributed by atoms with Gasteiger partial charge in [0.1, 0.15) is 0 Å². The van der Waals surface area contributed by atoms with Crippen LogP contribution in [0.15, 0.2) is 71.1 Å². The number of hydrogen-bond donors (Lipinski definition) is 2. The standard InChI is InChI=1S/C24H25N3O2S/c1-16(26-27-23(29)21-6-5-15-30-21)17-9-13-20(14-10-17)25-22(28)18-7-11-19(12-8-18)24(2,3)4/h5-15H,1-4H3,(H,25,28)(H,27,29)/b26-16+. The maximum absolute atomic E-state index is 12.5. The van der Waals surface area contributed by atoms with Gasteiger partial charge in [-0.15, -0.1) is 11.3 Å². The Morgan fingerprint density at radius 3 is 2.07 bits per heavy atom. The molecule has 1 heterocycles. The summed E-state index contributed by atoms with van der Waals surface area (Å²) in [4.78, 5) is 25.1. The minimum Gasteiger partial charge on any atom is -0.322 e. The van der Waals surface area contributed by atoms with Gasteiger partial charge in [-0.25, -0.2) is 5.43 Å². The Bertz CT molecular complexity index is 1050. The molecule has 2 N–H and O–H groups in total. The Morgan fingerprint density at radius 2 is 1.50 bits per heavy atom. The lowest BCUT2D eigenvalue weighted by Crippen LogP contribution is -2.18. The first-order chi connectivity index (χ1) is 14.2. The number of benzene rings is 2. The van der Waals surface area contributed by atoms with Crippen molar-refractivity contribution in [3.63, 3.8) is 0 Å². The highest BCUT2D eigenvalue weighted by Crippen LogP contribution is 2.22. The molecule has 0 radical (unpaired) electrons. The molecule has 30 heavy (non-hydrogen) atoms. The van der Waals surface area contributed by atoms with E-state index in [9.17, 15) is 9.59 Å². The smallest absolute Gasteiger partial charge is 0.281 e. The van der Waals surface area contributed by atoms with E-state index in [1.54, 1.807) is 6.07 Å². The van der Waals surface area contributed by atoms with Crippen LogP contribution in [0.1, 0.15) is 58.9 Å². The summed E-state index contributed by atoms with van der Waals surface area (Å²) in [5.41, 5.74) is 6.63. The van der Waals surface area contributed by atoms with Gasteiger partial charge >= 0.3 is 0 Å². The topological polar surface area (TPSA) is 70.6 Å². The van der Waals surface area contributed by atoms with Crippen LogP contribution in [-0.4, -0.2) is 17.5 Å². The predicted octanol–water partition coefficient (Wildman–Crippen LogP) is 5.45. The van der Waals surface area contributed by atoms with Crippen molar-refractivity contribution in [2.45, 2.75) is 33.1 Å². The number of carbonyl (C=O) groups is 2. The minimum atomic E-state index is -0.231. The van der Waals surface area contributed by atoms with Crippen LogP contribution in [0.25, 0.3) is 0 Å². The van der Waals surface area contributed by atoms with Crippen LogP contribution in [0.2, 0.25) is 0 Å². The normalized spacial score (nSPS) is 11.8. The summed E-state index contributed by atoms with van der Waals surface area (Å²) in [7, 11) is 0. The number of anilines is 1. The Hall–Kier alpha value is -3.25. The van der Waals surface area contributed by atoms with E-state index in [2.05, 4.69) is 36.6 Å². The summed E-state index contributed by atoms with van der Waals surface area (Å²) in [6, 6.07) is 18.6. The summed E-state index contributed by atoms with van der Waals surface area (Å²) in [5, 5.41) is 8.90. The van der Waals surface area contributed by atoms with E-state index in [1.165, 1.54) is 16.9 Å². The Kier molecular flexibility index (Phi) is 6.47. The Balaban J connectivity index is 1.61. The molecular weight excluding hydrogens is 394 g/mol. The van der Waals surface area contributed by atoms with E-state index >= 15 is 0 Å². The molecule has 6 heteroatoms. The zero-order valence-corrected chi connectivity index (χ0v) is 18.3. The van der Waals surface area contributed by atoms with E-state index in [0.717, 1.165) is 5.56 Å². The molecule has 0 spiro atoms. The number of carbonyl (C=O) groups excluding carboxylic acids is 2. The van der Waals surface area contributed by atoms with Crippen LogP contribution in [-0.2, 0) is 5.41 Å². The van der Waals surface area contributed by atoms with Gasteiger partial charge < -0.3 is 5.32 Å². The maximum Gasteiger partial charge on any atom is 0.281 e. The summed E-state index contributed by atoms with van der Waals surface area (Å²) in [6.45, 7) is 8.24. The van der Waals surface area contributed by atoms with Gasteiger partial charge in [-0.05, 0) is 59.2 Å². The van der Waals surface area contributed by atoms with Crippen molar-refractivity contribution < 1.29 is 9.59 Å². The van der Waals surface area contributed by atoms with Gasteiger partial charge in [0.25, 0.3) is 11.8 Å². The second-order valence-electron chi connectivity index (χ2n) is 7.97. The highest BCUT2D eigenvalue weighted by atomic mass is 32.1. The third-order valence-corrected chi connectivity index (χ3v) is 5.51. The highest BCUT2D eigenvalue weighted by Gasteiger charge is 2.14. The number of hydrogen-bond acceptors (Lipinski definition) is 4. The van der Waals surface area contributed by atoms with Gasteiger partial charge in [-0.1, -0.05) is 51.1 Å². The third kappa shape index (κ3) is 5.42. The lowest BCUT2D eigenvalue weighted by atomic mass is 9.87. The molecule has 3 rings (SSSR count). The quantitative estimate of drug-likeness (QED) is 0.426. The number of nitrogens with zero attached hydrogens (tertiary/aromatic N) is 1. The van der Waals surface area contributed by atoms with Crippen LogP contribution in [0.4, 0.5) is 5.69 Å². The number of rotatable bonds is 5. The first kappa shape index (κ1) is 21.5. The van der Waals surface area contributed by atoms with Crippen LogP contribution >= 0.6 is 11.3 Å². The fourth-order valence-electron chi connectivity index (χ4n) is 2.78. The van der Waals surface area contributed by atoms with E-state index < -0.39 is 0 Å². The van der Waals surface area contributed by atoms with Crippen molar-refractivity contribution in [1.29, 1.82) is 0 Å². The summed E-state index contributed by atoms with van der Waals surface area (Å²) in [5.74, 6) is -0.387. The number of amides is 2. The van der Waals surface area contributed by atoms with Gasteiger partial charge in [-0.3, -0.25) is 9.59 Å². The number of nitrogens with one attached hydrogen (secondary N) is 2. The molecule has 0 bridgehead atoms. The van der Waals surface area contributed by atoms with Gasteiger partial charge in [0.2, 0.25) is 0 Å². The molecule has 5 nitrogen and oxygen atoms in total. The van der Waals surface area contributed by atoms with Crippen molar-refractivity contribution in [2.75, 3.05) is 5.32 Å². The SMILES string of the molecule is C/C(=N\NC(=O)c1cccs1)c1ccc(NC(=O)c2ccc(C(C)(C)C)cc2)cc1. The lowest BCUT2D eigenvalue weighted by Gasteiger charge is -2.19. The van der Waals surface area contributed by atoms with Crippen LogP contribution in [0, 0.1) is 0 Å². The molecule has 0 atom stereocenters. The third-order valence-electron chi connectivity index (χ3n) is 4.64. The van der Waals surface area contributed by atoms with Crippen molar-refractivity contribution in [3.8, 4) is 0 Å². The van der Waals surface area contributed by atoms with Crippen molar-refractivity contribution in [3.05, 3.63) is 87.6 Å². The molecule has 3 aromatic rings. The van der Waals surface area contributed by atoms with E-state index in [-0.39, 0.29) is 17.2 Å². The molecular formula is C24H25N3O2S. The summed E-state index contributed by atoms with van der Waals surface area (Å²) >= 11 is 1.36. The lowest BCUT2D eigenvalue weighted by molar-refractivity contribution is 0.0958. The van der Waals surface area contributed by atoms with Crippen molar-refractivity contribution in [1.82, 2.24) is 5.43 Å². The number of thiophene rings is 1. The Labute approximate surface area is 180 Å². The monoisotopic (exact) mass is 419 g/mol. The van der Waals surface area contributed by atoms with E-state index in [1.807, 2.05) is 66.9 Å². The molecule has 2 aromatic carbocycles. The summed E-state index contributed by atoms with van der Waals surface area (Å²) < 4.78 is 0. The first-order valence-corrected chi connectivity index (χ1v) is 10.5. The largest absolute Gasteiger partial charge is 0.322 e. The molecule has 0 unspecified atom stereocenters. The van der Waals surface area contributed by atoms with Gasteiger partial charge in [0.15, 0.2) is 0 Å². The van der Waals surface area contributed by atoms with Crippen molar-refractivity contribution >= 4 is 34.6 Å². The second kappa shape index (κ2) is 9.05. The van der Waals surface area contributed by atoms with Crippen LogP contribution in [0.5, 0.6) is 0 Å². The molecule has 154 valence electrons. The average molecular weight is 420 g/mol. The molecule has 2 amide bonds. The average Bonchev–Trinajstić information content (AvgIpc) is 3.27. The van der Waals surface area contributed by atoms with Gasteiger partial charge in [0.05, 0.1) is 10.6 Å². The first-order valence-electron chi connectivity index (χ1n) is 9.64. The van der Waals surface area contributed by atoms with Crippen molar-refractivity contribution in [2.24, 2.45) is 5.10 Å². The van der Waals surface area contributed by atoms with Gasteiger partial charge in [-0.2, -0.15) is 5.10 Å². The van der Waals surface area contributed by atoms with E-state index in [0.29, 0.717) is 21.8 Å². The number of hydrazone groups is 1. The second-order valence-corrected chi connectivity index (χ2v) is 8.92. The fourth-order valence-corrected chi connectivity index (χ4v) is 3.40. The molecule has 0 aliphatic rings. The Morgan fingerprint density at radius 1 is 0.867 bits per heavy atom.